The fraction of sp³-hybridized carbons (Fsp3) is 0.708. The zero-order valence-corrected chi connectivity index (χ0v) is 59.4. The van der Waals surface area contributed by atoms with E-state index in [4.69, 9.17) is 15.9 Å². The minimum Gasteiger partial charge on any atom is -0.444 e. The summed E-state index contributed by atoms with van der Waals surface area (Å²) in [5.41, 5.74) is 3.15. The van der Waals surface area contributed by atoms with Crippen molar-refractivity contribution in [1.82, 2.24) is 69.1 Å². The normalized spacial score (nSPS) is 24.5. The van der Waals surface area contributed by atoms with Crippen molar-refractivity contribution in [2.45, 2.75) is 240 Å². The van der Waals surface area contributed by atoms with Crippen LogP contribution in [0.5, 0.6) is 0 Å². The molecule has 0 radical (unpaired) electrons. The second-order valence-electron chi connectivity index (χ2n) is 29.0. The Bertz CT molecular complexity index is 2880. The summed E-state index contributed by atoms with van der Waals surface area (Å²) >= 11 is 0. The molecule has 21 N–H and O–H groups in total. The number of hydrogen-bond donors (Lipinski definition) is 20. The standard InChI is InChI=1S/C65H111N15O18/c1-17-34(6)44-57(93)77-45(35(7)84)58(94)74-42(30-82)55(91)72-41(29-81)54(90)73-43(31-83)56(92)78-46(36-22-19-18-20-23-36)47(79-53(89)39(27-63(8,9)10)71-52(88)40(28-64(11,12)13)75-62(97)98-65(14,15)16)59(95)80-48(49(85)33(4)5)60(96)70-38(26-32(2)3)51(87)69-37(50(86)76-44)24-21-25-68-61(66)67/h18-20,22-23,32-35,37-49,81-85H,17,21,24-31H2,1-16H3,(H,69,87)(H,70,96)(H,71,88)(H,72,91)(H,73,90)(H,74,94)(H,75,97)(H,76,86)(H,77,93)(H,78,92)(H,79,89)(H,80,95)(H4,66,67,68)/t34-,35-,37+,38-,39-,40+,41-,42+,43?,44-,45-,46+,47-,48-,49+/m0/s1. The van der Waals surface area contributed by atoms with E-state index in [9.17, 15) is 68.7 Å². The van der Waals surface area contributed by atoms with E-state index in [0.717, 1.165) is 6.92 Å². The second-order valence-corrected chi connectivity index (χ2v) is 29.0. The maximum Gasteiger partial charge on any atom is 0.408 e. The summed E-state index contributed by atoms with van der Waals surface area (Å²) in [6, 6.07) is -14.1. The maximum absolute atomic E-state index is 15.6. The summed E-state index contributed by atoms with van der Waals surface area (Å²) < 4.78 is 5.48. The van der Waals surface area contributed by atoms with Gasteiger partial charge in [0, 0.05) is 6.54 Å². The van der Waals surface area contributed by atoms with Crippen LogP contribution in [0.4, 0.5) is 4.79 Å². The number of carbonyl (C=O) groups excluding carboxylic acids is 12. The summed E-state index contributed by atoms with van der Waals surface area (Å²) in [7, 11) is 0. The topological polar surface area (TPSA) is 521 Å². The Balaban J connectivity index is 3.18. The molecule has 0 bridgehead atoms. The Morgan fingerprint density at radius 1 is 0.561 bits per heavy atom. The number of aliphatic hydroxyl groups is 5. The van der Waals surface area contributed by atoms with Gasteiger partial charge in [0.15, 0.2) is 5.96 Å². The Hall–Kier alpha value is -8.27. The van der Waals surface area contributed by atoms with Crippen LogP contribution in [0.2, 0.25) is 0 Å². The number of nitrogens with one attached hydrogen (secondary N) is 14. The van der Waals surface area contributed by atoms with Crippen LogP contribution in [-0.2, 0) is 57.5 Å². The average Bonchev–Trinajstić information content (AvgIpc) is 0.813. The summed E-state index contributed by atoms with van der Waals surface area (Å²) in [4.78, 5) is 174. The van der Waals surface area contributed by atoms with Gasteiger partial charge in [-0.25, -0.2) is 4.79 Å². The molecule has 0 saturated carbocycles. The predicted molar refractivity (Wildman–Crippen MR) is 360 cm³/mol. The number of ether oxygens (including phenoxy) is 1. The van der Waals surface area contributed by atoms with Crippen molar-refractivity contribution in [3.8, 4) is 0 Å². The molecule has 1 heterocycles. The smallest absolute Gasteiger partial charge is 0.408 e. The van der Waals surface area contributed by atoms with Gasteiger partial charge in [0.05, 0.1) is 38.1 Å². The lowest BCUT2D eigenvalue weighted by atomic mass is 9.86. The molecule has 2 rings (SSSR count). The second kappa shape index (κ2) is 39.4. The first-order valence-corrected chi connectivity index (χ1v) is 33.0. The third kappa shape index (κ3) is 29.4. The monoisotopic (exact) mass is 1390 g/mol. The number of aliphatic hydroxyl groups excluding tert-OH is 5. The van der Waals surface area contributed by atoms with Gasteiger partial charge in [-0.1, -0.05) is 120 Å². The van der Waals surface area contributed by atoms with E-state index in [1.54, 1.807) is 96.1 Å². The highest BCUT2D eigenvalue weighted by Crippen LogP contribution is 2.26. The zero-order chi connectivity index (χ0) is 74.9. The van der Waals surface area contributed by atoms with Gasteiger partial charge in [-0.2, -0.15) is 0 Å². The molecule has 1 saturated heterocycles. The molecular weight excluding hydrogens is 1280 g/mol. The van der Waals surface area contributed by atoms with Crippen LogP contribution >= 0.6 is 0 Å². The van der Waals surface area contributed by atoms with E-state index in [1.165, 1.54) is 38.1 Å². The van der Waals surface area contributed by atoms with Crippen molar-refractivity contribution in [3.05, 3.63) is 35.9 Å². The zero-order valence-electron chi connectivity index (χ0n) is 59.4. The van der Waals surface area contributed by atoms with Gasteiger partial charge >= 0.3 is 6.09 Å². The molecule has 33 heteroatoms. The number of benzene rings is 1. The number of rotatable bonds is 22. The molecule has 0 aliphatic carbocycles. The predicted octanol–water partition coefficient (Wildman–Crippen LogP) is -2.80. The minimum atomic E-state index is -2.13. The summed E-state index contributed by atoms with van der Waals surface area (Å²) in [6.07, 6.45) is -4.71. The number of nitrogens with two attached hydrogens (primary N) is 1. The van der Waals surface area contributed by atoms with Gasteiger partial charge in [0.25, 0.3) is 0 Å². The van der Waals surface area contributed by atoms with E-state index in [0.29, 0.717) is 0 Å². The number of guanidine groups is 1. The first kappa shape index (κ1) is 85.8. The Kier molecular flexibility index (Phi) is 34.5. The third-order valence-electron chi connectivity index (χ3n) is 15.5. The highest BCUT2D eigenvalue weighted by Gasteiger charge is 2.43. The van der Waals surface area contributed by atoms with Crippen molar-refractivity contribution in [2.75, 3.05) is 26.4 Å². The Morgan fingerprint density at radius 2 is 0.990 bits per heavy atom. The fourth-order valence-corrected chi connectivity index (χ4v) is 10.2. The van der Waals surface area contributed by atoms with E-state index < -0.39 is 216 Å². The number of alkyl carbamates (subject to hydrolysis) is 1. The lowest BCUT2D eigenvalue weighted by molar-refractivity contribution is -0.139. The molecule has 98 heavy (non-hydrogen) atoms. The molecule has 0 spiro atoms. The first-order valence-electron chi connectivity index (χ1n) is 33.0. The van der Waals surface area contributed by atoms with Gasteiger partial charge in [0.1, 0.15) is 72.1 Å². The van der Waals surface area contributed by atoms with Crippen molar-refractivity contribution in [1.29, 1.82) is 5.41 Å². The van der Waals surface area contributed by atoms with Gasteiger partial charge < -0.3 is 105 Å². The molecule has 1 aliphatic rings. The number of amides is 12. The van der Waals surface area contributed by atoms with Crippen LogP contribution in [0.1, 0.15) is 161 Å². The number of carbonyl (C=O) groups is 12. The molecule has 1 aromatic carbocycles. The van der Waals surface area contributed by atoms with Gasteiger partial charge in [-0.3, -0.25) is 58.1 Å². The van der Waals surface area contributed by atoms with Crippen LogP contribution in [0, 0.1) is 34.0 Å². The van der Waals surface area contributed by atoms with Crippen LogP contribution in [0.15, 0.2) is 30.3 Å². The largest absolute Gasteiger partial charge is 0.444 e. The summed E-state index contributed by atoms with van der Waals surface area (Å²) in [6.45, 7) is 22.6. The summed E-state index contributed by atoms with van der Waals surface area (Å²) in [5, 5.41) is 94.5. The van der Waals surface area contributed by atoms with Crippen molar-refractivity contribution in [2.24, 2.45) is 34.3 Å². The van der Waals surface area contributed by atoms with E-state index in [1.807, 2.05) is 0 Å². The van der Waals surface area contributed by atoms with Crippen LogP contribution in [0.25, 0.3) is 0 Å². The lowest BCUT2D eigenvalue weighted by Crippen LogP contribution is -2.65. The molecule has 0 aromatic heterocycles. The SMILES string of the molecule is CC[C@H](C)[C@@H]1NC(=O)[C@@H](CCCNC(=N)N)NC(=O)[C@H](CC(C)C)NC(=O)[C@H]([C@H](O)C(C)C)NC(=O)[C@@H](NC(=O)[C@H](CC(C)(C)C)NC(=O)[C@@H](CC(C)(C)C)NC(=O)OC(C)(C)C)[C@@H](c2ccccc2)NC(=O)C(CO)NC(=O)[C@H](CO)NC(=O)[C@@H](CO)NC(=O)[C@H]([C@H](C)O)NC1=O. The molecule has 1 unspecified atom stereocenters. The van der Waals surface area contributed by atoms with Gasteiger partial charge in [-0.15, -0.1) is 0 Å². The van der Waals surface area contributed by atoms with Gasteiger partial charge in [-0.05, 0) is 93.9 Å². The highest BCUT2D eigenvalue weighted by molar-refractivity contribution is 6.00. The molecule has 33 nitrogen and oxygen atoms in total. The maximum atomic E-state index is 15.6. The van der Waals surface area contributed by atoms with Crippen LogP contribution < -0.4 is 74.9 Å². The molecule has 1 aromatic rings. The Morgan fingerprint density at radius 3 is 1.45 bits per heavy atom. The van der Waals surface area contributed by atoms with Crippen LogP contribution in [-0.4, -0.2) is 213 Å². The quantitative estimate of drug-likeness (QED) is 0.0317. The van der Waals surface area contributed by atoms with Gasteiger partial charge in [0.2, 0.25) is 65.0 Å². The fourth-order valence-electron chi connectivity index (χ4n) is 10.2. The average molecular weight is 1390 g/mol. The first-order chi connectivity index (χ1) is 45.4. The molecule has 554 valence electrons. The molecular formula is C65H111N15O18. The third-order valence-corrected chi connectivity index (χ3v) is 15.5. The van der Waals surface area contributed by atoms with E-state index >= 15 is 14.4 Å². The lowest BCUT2D eigenvalue weighted by Gasteiger charge is -2.35. The molecule has 15 atom stereocenters. The minimum absolute atomic E-state index is 0.00613. The molecule has 1 aliphatic heterocycles. The highest BCUT2D eigenvalue weighted by atomic mass is 16.6. The number of hydrogen-bond acceptors (Lipinski definition) is 19. The summed E-state index contributed by atoms with van der Waals surface area (Å²) in [5.74, 6) is -15.1. The van der Waals surface area contributed by atoms with E-state index in [2.05, 4.69) is 69.1 Å². The van der Waals surface area contributed by atoms with Crippen LogP contribution in [0.3, 0.4) is 0 Å². The van der Waals surface area contributed by atoms with Crippen molar-refractivity contribution in [3.63, 3.8) is 0 Å². The van der Waals surface area contributed by atoms with Crippen molar-refractivity contribution >= 4 is 77.0 Å². The van der Waals surface area contributed by atoms with Crippen molar-refractivity contribution < 1.29 is 87.8 Å². The molecule has 12 amide bonds. The van der Waals surface area contributed by atoms with E-state index in [-0.39, 0.29) is 50.6 Å². The molecule has 1 fully saturated rings. The Labute approximate surface area is 573 Å².